The van der Waals surface area contributed by atoms with Crippen molar-refractivity contribution < 1.29 is 26.3 Å². The molecule has 0 N–H and O–H groups in total. The predicted octanol–water partition coefficient (Wildman–Crippen LogP) is 3.45. The van der Waals surface area contributed by atoms with Crippen molar-refractivity contribution in [3.63, 3.8) is 0 Å². The Hall–Kier alpha value is -0.585. The Labute approximate surface area is 68.5 Å². The first kappa shape index (κ1) is 11.4. The monoisotopic (exact) mass is 208 g/mol. The van der Waals surface area contributed by atoms with Crippen molar-refractivity contribution in [2.24, 2.45) is 0 Å². The van der Waals surface area contributed by atoms with Gasteiger partial charge in [0.05, 0.1) is 0 Å². The van der Waals surface area contributed by atoms with Crippen molar-refractivity contribution in [1.29, 1.82) is 0 Å². The maximum absolute atomic E-state index is 11.9. The van der Waals surface area contributed by atoms with Gasteiger partial charge in [-0.2, -0.15) is 29.0 Å². The second-order valence-electron chi connectivity index (χ2n) is 1.58. The topological polar surface area (TPSA) is 0 Å². The van der Waals surface area contributed by atoms with Gasteiger partial charge < -0.3 is 0 Å². The number of hydrogen-bond acceptors (Lipinski definition) is 0. The molecule has 0 saturated carbocycles. The van der Waals surface area contributed by atoms with Crippen molar-refractivity contribution in [3.05, 3.63) is 23.6 Å². The fraction of sp³-hybridized carbons (Fsp3) is 0. The molecule has 68 valence electrons. The summed E-state index contributed by atoms with van der Waals surface area (Å²) in [6, 6.07) is 0. The highest BCUT2D eigenvalue weighted by atomic mass is 35.5. The van der Waals surface area contributed by atoms with E-state index in [2.05, 4.69) is 11.5 Å². The third-order valence-electron chi connectivity index (χ3n) is 0.806. The van der Waals surface area contributed by atoms with E-state index >= 15 is 0 Å². The van der Waals surface area contributed by atoms with Gasteiger partial charge in [-0.3, -0.25) is 0 Å². The average Bonchev–Trinajstić information content (AvgIpc) is 2.00. The molecule has 0 rings (SSSR count). The molecule has 0 unspecified atom stereocenters. The van der Waals surface area contributed by atoms with Crippen LogP contribution in [0.3, 0.4) is 0 Å². The molecule has 0 aliphatic rings. The van der Waals surface area contributed by atoms with Gasteiger partial charge in [-0.15, -0.1) is 0 Å². The second kappa shape index (κ2) is 4.44. The van der Waals surface area contributed by atoms with E-state index in [9.17, 15) is 26.3 Å². The Morgan fingerprint density at radius 2 is 1.00 bits per heavy atom. The molecule has 0 aromatic carbocycles. The molecular weight excluding hydrogens is 208 g/mol. The van der Waals surface area contributed by atoms with E-state index in [0.29, 0.717) is 0 Å². The lowest BCUT2D eigenvalue weighted by Gasteiger charge is -1.96. The van der Waals surface area contributed by atoms with E-state index in [-0.39, 0.29) is 0 Å². The lowest BCUT2D eigenvalue weighted by Crippen LogP contribution is -2.08. The van der Waals surface area contributed by atoms with Gasteiger partial charge in [0.1, 0.15) is 0 Å². The van der Waals surface area contributed by atoms with Gasteiger partial charge in [0.25, 0.3) is 12.2 Å². The third kappa shape index (κ3) is 2.81. The molecule has 0 bridgehead atoms. The van der Waals surface area contributed by atoms with Crippen molar-refractivity contribution >= 4 is 17.6 Å². The first-order valence-electron chi connectivity index (χ1n) is 2.43. The number of rotatable bonds is 2. The molecule has 0 amide bonds. The van der Waals surface area contributed by atoms with Gasteiger partial charge in [0, 0.05) is 0 Å². The summed E-state index contributed by atoms with van der Waals surface area (Å²) in [6.45, 7) is 0. The summed E-state index contributed by atoms with van der Waals surface area (Å²) in [5.74, 6) is 0. The molecular formula is C4BClF6. The van der Waals surface area contributed by atoms with Gasteiger partial charge in [-0.25, -0.2) is 8.78 Å². The summed E-state index contributed by atoms with van der Waals surface area (Å²) in [4.78, 5) is 0. The second-order valence-corrected chi connectivity index (χ2v) is 2.02. The van der Waals surface area contributed by atoms with Crippen molar-refractivity contribution in [3.8, 4) is 0 Å². The maximum Gasteiger partial charge on any atom is 0.395 e. The minimum atomic E-state index is -2.92. The predicted molar refractivity (Wildman–Crippen MR) is 32.3 cm³/mol. The highest BCUT2D eigenvalue weighted by molar-refractivity contribution is 7.14. The minimum absolute atomic E-state index is 2.41. The standard InChI is InChI=1S/C4BClF6/c6-5(1(7)3(9)10)2(8)4(11)12. The lowest BCUT2D eigenvalue weighted by atomic mass is 9.74. The minimum Gasteiger partial charge on any atom is -0.215 e. The van der Waals surface area contributed by atoms with Crippen LogP contribution in [0, 0.1) is 0 Å². The van der Waals surface area contributed by atoms with Gasteiger partial charge in [-0.1, -0.05) is 0 Å². The highest BCUT2D eigenvalue weighted by Gasteiger charge is 2.31. The summed E-state index contributed by atoms with van der Waals surface area (Å²) in [5.41, 5.74) is -4.83. The SMILES string of the molecule is FC(F)=C(F)B(Cl)C(F)=C(F)F. The molecule has 0 heterocycles. The van der Waals surface area contributed by atoms with Crippen LogP contribution in [-0.4, -0.2) is 6.13 Å². The van der Waals surface area contributed by atoms with Crippen LogP contribution in [0.2, 0.25) is 0 Å². The maximum atomic E-state index is 11.9. The fourth-order valence-electron chi connectivity index (χ4n) is 0.303. The Bertz CT molecular complexity index is 204. The molecule has 0 fully saturated rings. The molecule has 12 heavy (non-hydrogen) atoms. The van der Waals surface area contributed by atoms with Crippen LogP contribution in [0.5, 0.6) is 0 Å². The Balaban J connectivity index is 4.75. The van der Waals surface area contributed by atoms with Gasteiger partial charge in [-0.05, 0) is 0 Å². The molecule has 0 aliphatic carbocycles. The summed E-state index contributed by atoms with van der Waals surface area (Å²) < 4.78 is 69.0. The van der Waals surface area contributed by atoms with Gasteiger partial charge in [0.2, 0.25) is 0 Å². The van der Waals surface area contributed by atoms with Crippen LogP contribution in [-0.2, 0) is 0 Å². The zero-order valence-corrected chi connectivity index (χ0v) is 5.98. The smallest absolute Gasteiger partial charge is 0.215 e. The number of halogens is 7. The van der Waals surface area contributed by atoms with E-state index in [0.717, 1.165) is 0 Å². The number of hydrogen-bond donors (Lipinski definition) is 0. The highest BCUT2D eigenvalue weighted by Crippen LogP contribution is 2.24. The Morgan fingerprint density at radius 3 is 1.17 bits per heavy atom. The molecule has 0 saturated heterocycles. The van der Waals surface area contributed by atoms with Crippen LogP contribution in [0.25, 0.3) is 0 Å². The van der Waals surface area contributed by atoms with Crippen molar-refractivity contribution in [2.45, 2.75) is 0 Å². The van der Waals surface area contributed by atoms with Crippen molar-refractivity contribution in [1.82, 2.24) is 0 Å². The zero-order valence-electron chi connectivity index (χ0n) is 5.22. The summed E-state index contributed by atoms with van der Waals surface area (Å²) in [6.07, 6.45) is -8.60. The van der Waals surface area contributed by atoms with E-state index in [1.807, 2.05) is 0 Å². The average molecular weight is 208 g/mol. The van der Waals surface area contributed by atoms with Crippen LogP contribution in [0.1, 0.15) is 0 Å². The summed E-state index contributed by atoms with van der Waals surface area (Å²) >= 11 is 4.55. The molecule has 8 heteroatoms. The Kier molecular flexibility index (Phi) is 4.23. The molecule has 0 spiro atoms. The largest absolute Gasteiger partial charge is 0.395 e. The van der Waals surface area contributed by atoms with E-state index in [1.165, 1.54) is 0 Å². The van der Waals surface area contributed by atoms with Gasteiger partial charge >= 0.3 is 6.13 Å². The fourth-order valence-corrected chi connectivity index (χ4v) is 0.468. The molecule has 0 aliphatic heterocycles. The third-order valence-corrected chi connectivity index (χ3v) is 1.19. The lowest BCUT2D eigenvalue weighted by molar-refractivity contribution is 0.385. The summed E-state index contributed by atoms with van der Waals surface area (Å²) in [7, 11) is 0. The Morgan fingerprint density at radius 1 is 0.750 bits per heavy atom. The molecule has 0 nitrogen and oxygen atoms in total. The molecule has 0 aromatic heterocycles. The van der Waals surface area contributed by atoms with Crippen LogP contribution in [0.4, 0.5) is 26.3 Å². The van der Waals surface area contributed by atoms with Crippen molar-refractivity contribution in [2.75, 3.05) is 0 Å². The van der Waals surface area contributed by atoms with Crippen LogP contribution < -0.4 is 0 Å². The first-order chi connectivity index (χ1) is 5.37. The zero-order chi connectivity index (χ0) is 9.89. The molecule has 0 atom stereocenters. The van der Waals surface area contributed by atoms with Gasteiger partial charge in [0.15, 0.2) is 11.5 Å². The van der Waals surface area contributed by atoms with E-state index in [4.69, 9.17) is 0 Å². The quantitative estimate of drug-likeness (QED) is 0.481. The molecule has 0 radical (unpaired) electrons. The normalized spacial score (nSPS) is 9.25. The van der Waals surface area contributed by atoms with E-state index in [1.54, 1.807) is 0 Å². The van der Waals surface area contributed by atoms with Crippen LogP contribution in [0.15, 0.2) is 23.6 Å². The molecule has 0 aromatic rings. The summed E-state index contributed by atoms with van der Waals surface area (Å²) in [5, 5.41) is 0. The van der Waals surface area contributed by atoms with E-state index < -0.39 is 29.7 Å². The first-order valence-corrected chi connectivity index (χ1v) is 2.87. The van der Waals surface area contributed by atoms with Crippen LogP contribution >= 0.6 is 11.5 Å².